The topological polar surface area (TPSA) is 48.4 Å². The Bertz CT molecular complexity index is 441. The molecule has 7 heteroatoms. The molecule has 0 amide bonds. The number of esters is 1. The second kappa shape index (κ2) is 6.49. The Morgan fingerprint density at radius 1 is 1.56 bits per heavy atom. The van der Waals surface area contributed by atoms with Crippen molar-refractivity contribution in [3.8, 4) is 5.88 Å². The number of halogens is 3. The van der Waals surface area contributed by atoms with Crippen LogP contribution in [-0.2, 0) is 16.0 Å². The fourth-order valence-corrected chi connectivity index (χ4v) is 1.58. The predicted molar refractivity (Wildman–Crippen MR) is 61.1 cm³/mol. The Morgan fingerprint density at radius 3 is 2.72 bits per heavy atom. The van der Waals surface area contributed by atoms with E-state index in [1.54, 1.807) is 6.92 Å². The first kappa shape index (κ1) is 14.6. The summed E-state index contributed by atoms with van der Waals surface area (Å²) in [7, 11) is 1.31. The van der Waals surface area contributed by atoms with Gasteiger partial charge in [-0.3, -0.25) is 4.79 Å². The number of ether oxygens (including phenoxy) is 2. The van der Waals surface area contributed by atoms with Gasteiger partial charge in [-0.15, -0.1) is 0 Å². The Labute approximate surface area is 108 Å². The summed E-state index contributed by atoms with van der Waals surface area (Å²) in [6.45, 7) is 1.80. The molecule has 0 saturated carbocycles. The van der Waals surface area contributed by atoms with Gasteiger partial charge in [0.1, 0.15) is 5.02 Å². The first-order valence-corrected chi connectivity index (χ1v) is 5.54. The second-order valence-corrected chi connectivity index (χ2v) is 3.71. The van der Waals surface area contributed by atoms with Crippen LogP contribution in [0.1, 0.15) is 24.6 Å². The van der Waals surface area contributed by atoms with Crippen LogP contribution in [0.25, 0.3) is 0 Å². The van der Waals surface area contributed by atoms with Gasteiger partial charge in [-0.25, -0.2) is 13.8 Å². The lowest BCUT2D eigenvalue weighted by Gasteiger charge is -2.11. The van der Waals surface area contributed by atoms with E-state index in [-0.39, 0.29) is 29.6 Å². The van der Waals surface area contributed by atoms with Gasteiger partial charge in [0.15, 0.2) is 0 Å². The van der Waals surface area contributed by atoms with Gasteiger partial charge in [0, 0.05) is 5.56 Å². The van der Waals surface area contributed by atoms with E-state index < -0.39 is 18.0 Å². The van der Waals surface area contributed by atoms with Crippen LogP contribution in [0, 0.1) is 0 Å². The smallest absolute Gasteiger partial charge is 0.311 e. The van der Waals surface area contributed by atoms with Crippen LogP contribution >= 0.6 is 11.6 Å². The van der Waals surface area contributed by atoms with Crippen molar-refractivity contribution in [3.63, 3.8) is 0 Å². The number of methoxy groups -OCH3 is 1. The van der Waals surface area contributed by atoms with E-state index in [1.807, 2.05) is 0 Å². The molecule has 0 fully saturated rings. The number of pyridine rings is 1. The quantitative estimate of drug-likeness (QED) is 0.778. The van der Waals surface area contributed by atoms with Gasteiger partial charge < -0.3 is 9.47 Å². The first-order valence-electron chi connectivity index (χ1n) is 5.16. The molecule has 0 aliphatic heterocycles. The van der Waals surface area contributed by atoms with E-state index in [4.69, 9.17) is 16.3 Å². The molecule has 0 aromatic carbocycles. The molecule has 0 N–H and O–H groups in total. The summed E-state index contributed by atoms with van der Waals surface area (Å²) in [6, 6.07) is 1.05. The summed E-state index contributed by atoms with van der Waals surface area (Å²) in [5.41, 5.74) is -0.487. The van der Waals surface area contributed by atoms with E-state index >= 15 is 0 Å². The third-order valence-corrected chi connectivity index (χ3v) is 2.37. The molecule has 0 spiro atoms. The van der Waals surface area contributed by atoms with Crippen molar-refractivity contribution in [2.45, 2.75) is 19.8 Å². The van der Waals surface area contributed by atoms with E-state index in [1.165, 1.54) is 7.11 Å². The highest BCUT2D eigenvalue weighted by Crippen LogP contribution is 2.30. The van der Waals surface area contributed by atoms with E-state index in [0.717, 1.165) is 6.07 Å². The maximum absolute atomic E-state index is 12.8. The summed E-state index contributed by atoms with van der Waals surface area (Å²) in [5.74, 6) is -0.628. The predicted octanol–water partition coefficient (Wildman–Crippen LogP) is 2.79. The number of hydrogen-bond donors (Lipinski definition) is 0. The lowest BCUT2D eigenvalue weighted by atomic mass is 10.1. The van der Waals surface area contributed by atoms with Crippen molar-refractivity contribution < 1.29 is 23.0 Å². The van der Waals surface area contributed by atoms with Crippen LogP contribution in [-0.4, -0.2) is 24.7 Å². The third-order valence-electron chi connectivity index (χ3n) is 2.10. The summed E-state index contributed by atoms with van der Waals surface area (Å²) in [5, 5.41) is -0.0274. The zero-order valence-corrected chi connectivity index (χ0v) is 10.6. The zero-order valence-electron chi connectivity index (χ0n) is 9.87. The fourth-order valence-electron chi connectivity index (χ4n) is 1.34. The molecule has 1 heterocycles. The highest BCUT2D eigenvalue weighted by atomic mass is 35.5. The highest BCUT2D eigenvalue weighted by Gasteiger charge is 2.20. The molecule has 0 saturated heterocycles. The van der Waals surface area contributed by atoms with Gasteiger partial charge in [-0.05, 0) is 13.0 Å². The van der Waals surface area contributed by atoms with Crippen molar-refractivity contribution in [3.05, 3.63) is 22.3 Å². The molecular formula is C11H12ClF2NO3. The molecule has 100 valence electrons. The normalized spacial score (nSPS) is 10.6. The fraction of sp³-hybridized carbons (Fsp3) is 0.455. The summed E-state index contributed by atoms with van der Waals surface area (Å²) < 4.78 is 35.1. The molecule has 1 aromatic heterocycles. The van der Waals surface area contributed by atoms with Crippen LogP contribution in [0.4, 0.5) is 8.78 Å². The largest absolute Gasteiger partial charge is 0.480 e. The Morgan fingerprint density at radius 2 is 2.22 bits per heavy atom. The minimum Gasteiger partial charge on any atom is -0.480 e. The van der Waals surface area contributed by atoms with E-state index in [9.17, 15) is 13.6 Å². The molecule has 0 aliphatic rings. The van der Waals surface area contributed by atoms with Gasteiger partial charge in [0.05, 0.1) is 25.8 Å². The van der Waals surface area contributed by atoms with Gasteiger partial charge in [0.25, 0.3) is 6.43 Å². The molecule has 18 heavy (non-hydrogen) atoms. The van der Waals surface area contributed by atoms with Crippen LogP contribution in [0.3, 0.4) is 0 Å². The van der Waals surface area contributed by atoms with E-state index in [0.29, 0.717) is 0 Å². The van der Waals surface area contributed by atoms with Crippen LogP contribution in [0.5, 0.6) is 5.88 Å². The molecular weight excluding hydrogens is 268 g/mol. The Kier molecular flexibility index (Phi) is 5.27. The lowest BCUT2D eigenvalue weighted by Crippen LogP contribution is -2.11. The zero-order chi connectivity index (χ0) is 13.7. The van der Waals surface area contributed by atoms with Crippen molar-refractivity contribution in [1.29, 1.82) is 0 Å². The highest BCUT2D eigenvalue weighted by molar-refractivity contribution is 6.31. The van der Waals surface area contributed by atoms with Crippen LogP contribution in [0.2, 0.25) is 5.02 Å². The summed E-state index contributed by atoms with van der Waals surface area (Å²) in [4.78, 5) is 15.1. The van der Waals surface area contributed by atoms with Crippen LogP contribution < -0.4 is 4.74 Å². The standard InChI is InChI=1S/C11H12ClF2NO3/c1-3-18-9(16)5-8-6(10(13)14)4-7(12)11(15-8)17-2/h4,10H,3,5H2,1-2H3. The molecule has 1 rings (SSSR count). The van der Waals surface area contributed by atoms with Crippen molar-refractivity contribution in [2.75, 3.05) is 13.7 Å². The number of carbonyl (C=O) groups is 1. The number of aromatic nitrogens is 1. The maximum Gasteiger partial charge on any atom is 0.311 e. The average molecular weight is 280 g/mol. The molecule has 0 unspecified atom stereocenters. The number of hydrogen-bond acceptors (Lipinski definition) is 4. The number of alkyl halides is 2. The Hall–Kier alpha value is -1.43. The number of nitrogens with zero attached hydrogens (tertiary/aromatic N) is 1. The molecule has 0 aliphatic carbocycles. The van der Waals surface area contributed by atoms with Gasteiger partial charge in [-0.1, -0.05) is 11.6 Å². The van der Waals surface area contributed by atoms with Crippen LogP contribution in [0.15, 0.2) is 6.07 Å². The minimum atomic E-state index is -2.77. The molecule has 0 radical (unpaired) electrons. The maximum atomic E-state index is 12.8. The molecule has 0 bridgehead atoms. The SMILES string of the molecule is CCOC(=O)Cc1nc(OC)c(Cl)cc1C(F)F. The first-order chi connectivity index (χ1) is 8.49. The van der Waals surface area contributed by atoms with Gasteiger partial charge >= 0.3 is 5.97 Å². The van der Waals surface area contributed by atoms with Gasteiger partial charge in [0.2, 0.25) is 5.88 Å². The van der Waals surface area contributed by atoms with Crippen molar-refractivity contribution >= 4 is 17.6 Å². The van der Waals surface area contributed by atoms with E-state index in [2.05, 4.69) is 9.72 Å². The molecule has 4 nitrogen and oxygen atoms in total. The Balaban J connectivity index is 3.10. The average Bonchev–Trinajstić information content (AvgIpc) is 2.30. The summed E-state index contributed by atoms with van der Waals surface area (Å²) in [6.07, 6.45) is -3.12. The number of rotatable bonds is 5. The van der Waals surface area contributed by atoms with Crippen molar-refractivity contribution in [2.24, 2.45) is 0 Å². The number of carbonyl (C=O) groups excluding carboxylic acids is 1. The van der Waals surface area contributed by atoms with Crippen molar-refractivity contribution in [1.82, 2.24) is 4.98 Å². The summed E-state index contributed by atoms with van der Waals surface area (Å²) >= 11 is 5.71. The molecule has 0 atom stereocenters. The lowest BCUT2D eigenvalue weighted by molar-refractivity contribution is -0.142. The molecule has 1 aromatic rings. The van der Waals surface area contributed by atoms with Gasteiger partial charge in [-0.2, -0.15) is 0 Å². The third kappa shape index (κ3) is 3.53. The second-order valence-electron chi connectivity index (χ2n) is 3.30. The monoisotopic (exact) mass is 279 g/mol. The minimum absolute atomic E-state index is 0.000338.